The van der Waals surface area contributed by atoms with Crippen LogP contribution < -0.4 is 14.8 Å². The summed E-state index contributed by atoms with van der Waals surface area (Å²) in [4.78, 5) is 17.6. The van der Waals surface area contributed by atoms with E-state index in [1.54, 1.807) is 10.8 Å². The smallest absolute Gasteiger partial charge is 0.340 e. The second-order valence-corrected chi connectivity index (χ2v) is 11.3. The van der Waals surface area contributed by atoms with Gasteiger partial charge in [-0.15, -0.1) is 11.3 Å². The third-order valence-electron chi connectivity index (χ3n) is 4.23. The minimum atomic E-state index is -4.75. The van der Waals surface area contributed by atoms with E-state index in [0.717, 1.165) is 6.07 Å². The van der Waals surface area contributed by atoms with Crippen molar-refractivity contribution < 1.29 is 45.1 Å². The number of ether oxygens (including phenoxy) is 1. The van der Waals surface area contributed by atoms with Crippen LogP contribution in [0.1, 0.15) is 5.56 Å². The Balaban J connectivity index is 1.79. The van der Waals surface area contributed by atoms with Gasteiger partial charge in [-0.3, -0.25) is 4.57 Å². The van der Waals surface area contributed by atoms with Crippen LogP contribution >= 0.6 is 18.9 Å². The molecule has 0 saturated carbocycles. The van der Waals surface area contributed by atoms with Gasteiger partial charge in [-0.1, -0.05) is 0 Å². The van der Waals surface area contributed by atoms with Crippen molar-refractivity contribution in [3.63, 3.8) is 0 Å². The summed E-state index contributed by atoms with van der Waals surface area (Å²) in [5, 5.41) is 10.7. The monoisotopic (exact) mass is 539 g/mol. The lowest BCUT2D eigenvalue weighted by atomic mass is 10.2. The van der Waals surface area contributed by atoms with E-state index in [1.165, 1.54) is 12.1 Å². The number of rotatable bonds is 9. The van der Waals surface area contributed by atoms with Crippen molar-refractivity contribution in [2.45, 2.75) is 4.21 Å². The first-order chi connectivity index (χ1) is 15.8. The van der Waals surface area contributed by atoms with Gasteiger partial charge in [0.25, 0.3) is 10.0 Å². The Morgan fingerprint density at radius 2 is 1.82 bits per heavy atom. The highest BCUT2D eigenvalue weighted by Crippen LogP contribution is 2.40. The molecule has 0 spiro atoms. The molecule has 0 unspecified atom stereocenters. The molecular weight excluding hydrogens is 525 g/mol. The van der Waals surface area contributed by atoms with Gasteiger partial charge in [0.2, 0.25) is 5.82 Å². The summed E-state index contributed by atoms with van der Waals surface area (Å²) < 4.78 is 97.8. The molecule has 34 heavy (non-hydrogen) atoms. The molecule has 1 heterocycles. The average molecular weight is 539 g/mol. The molecule has 16 heteroatoms. The van der Waals surface area contributed by atoms with Crippen LogP contribution in [0.2, 0.25) is 0 Å². The zero-order chi connectivity index (χ0) is 25.3. The zero-order valence-electron chi connectivity index (χ0n) is 16.7. The molecule has 0 bridgehead atoms. The minimum Gasteiger partial charge on any atom is -0.486 e. The average Bonchev–Trinajstić information content (AvgIpc) is 3.22. The number of hydrogen-bond acceptors (Lipinski definition) is 7. The quantitative estimate of drug-likeness (QED) is 0.140. The largest absolute Gasteiger partial charge is 0.486 e. The van der Waals surface area contributed by atoms with Crippen LogP contribution in [0, 0.1) is 34.6 Å². The van der Waals surface area contributed by atoms with E-state index in [4.69, 9.17) is 19.8 Å². The van der Waals surface area contributed by atoms with Crippen LogP contribution in [0.3, 0.4) is 0 Å². The number of nitrogens with zero attached hydrogens (tertiary/aromatic N) is 1. The Hall–Kier alpha value is -2.73. The Labute approximate surface area is 193 Å². The number of halogens is 4. The lowest BCUT2D eigenvalue weighted by molar-refractivity contribution is 0.293. The molecule has 0 aliphatic carbocycles. The maximum atomic E-state index is 14.8. The molecule has 2 aromatic carbocycles. The van der Waals surface area contributed by atoms with E-state index in [1.807, 2.05) is 0 Å². The van der Waals surface area contributed by atoms with Gasteiger partial charge in [0, 0.05) is 17.6 Å². The number of sulfonamides is 1. The third-order valence-corrected chi connectivity index (χ3v) is 8.02. The number of benzene rings is 2. The van der Waals surface area contributed by atoms with Crippen molar-refractivity contribution in [2.75, 3.05) is 24.8 Å². The Morgan fingerprint density at radius 1 is 1.12 bits per heavy atom. The first-order valence-electron chi connectivity index (χ1n) is 9.04. The summed E-state index contributed by atoms with van der Waals surface area (Å²) in [5.74, 6) is -6.55. The number of nitrogens with one attached hydrogen (secondary N) is 2. The fourth-order valence-corrected chi connectivity index (χ4v) is 6.13. The van der Waals surface area contributed by atoms with Crippen LogP contribution in [0.15, 0.2) is 28.5 Å². The topological polar surface area (TPSA) is 149 Å². The molecule has 4 N–H and O–H groups in total. The van der Waals surface area contributed by atoms with Gasteiger partial charge in [0.1, 0.15) is 29.0 Å². The van der Waals surface area contributed by atoms with E-state index in [0.29, 0.717) is 6.07 Å². The van der Waals surface area contributed by atoms with E-state index in [2.05, 4.69) is 5.32 Å². The van der Waals surface area contributed by atoms with E-state index < -0.39 is 73.8 Å². The SMILES string of the molecule is N#Cc1ccc(NCCOc2c(F)c(F)c3cc(S(=O)(=O)NCP(=O)(O)O)sc3c2F)cc1F. The molecule has 9 nitrogen and oxygen atoms in total. The highest BCUT2D eigenvalue weighted by Gasteiger charge is 2.28. The third kappa shape index (κ3) is 5.66. The number of hydrogen-bond donors (Lipinski definition) is 4. The summed E-state index contributed by atoms with van der Waals surface area (Å²) in [6, 6.07) is 5.92. The maximum absolute atomic E-state index is 14.8. The molecule has 0 amide bonds. The number of nitriles is 1. The summed E-state index contributed by atoms with van der Waals surface area (Å²) in [5.41, 5.74) is 0.0718. The maximum Gasteiger partial charge on any atom is 0.340 e. The molecule has 0 aliphatic rings. The highest BCUT2D eigenvalue weighted by molar-refractivity contribution is 7.92. The van der Waals surface area contributed by atoms with Crippen LogP contribution in [0.5, 0.6) is 5.75 Å². The van der Waals surface area contributed by atoms with Crippen LogP contribution in [0.4, 0.5) is 23.2 Å². The lowest BCUT2D eigenvalue weighted by Gasteiger charge is -2.11. The fraction of sp³-hybridized carbons (Fsp3) is 0.167. The molecule has 1 aromatic heterocycles. The van der Waals surface area contributed by atoms with Crippen LogP contribution in [0.25, 0.3) is 10.1 Å². The Morgan fingerprint density at radius 3 is 2.44 bits per heavy atom. The highest BCUT2D eigenvalue weighted by atomic mass is 32.2. The van der Waals surface area contributed by atoms with Crippen molar-refractivity contribution in [1.29, 1.82) is 5.26 Å². The second-order valence-electron chi connectivity index (χ2n) is 6.63. The lowest BCUT2D eigenvalue weighted by Crippen LogP contribution is -2.23. The van der Waals surface area contributed by atoms with Crippen molar-refractivity contribution in [3.8, 4) is 11.8 Å². The molecule has 0 aliphatic heterocycles. The summed E-state index contributed by atoms with van der Waals surface area (Å²) in [7, 11) is -9.31. The molecule has 182 valence electrons. The predicted octanol–water partition coefficient (Wildman–Crippen LogP) is 3.23. The molecule has 0 fully saturated rings. The van der Waals surface area contributed by atoms with Crippen LogP contribution in [-0.4, -0.2) is 37.6 Å². The molecule has 3 rings (SSSR count). The Kier molecular flexibility index (Phi) is 7.51. The summed E-state index contributed by atoms with van der Waals surface area (Å²) in [6.45, 7) is -0.499. The van der Waals surface area contributed by atoms with Crippen molar-refractivity contribution in [3.05, 3.63) is 53.1 Å². The van der Waals surface area contributed by atoms with Crippen molar-refractivity contribution >= 4 is 44.7 Å². The minimum absolute atomic E-state index is 0.0970. The normalized spacial score (nSPS) is 12.0. The number of thiophene rings is 1. The van der Waals surface area contributed by atoms with Gasteiger partial charge in [0.05, 0.1) is 10.3 Å². The van der Waals surface area contributed by atoms with Gasteiger partial charge in [-0.2, -0.15) is 14.4 Å². The molecule has 0 atom stereocenters. The predicted molar refractivity (Wildman–Crippen MR) is 114 cm³/mol. The number of fused-ring (bicyclic) bond motifs is 1. The number of anilines is 1. The molecular formula is C18H14F4N3O6PS2. The first-order valence-corrected chi connectivity index (χ1v) is 13.1. The van der Waals surface area contributed by atoms with Gasteiger partial charge < -0.3 is 19.8 Å². The van der Waals surface area contributed by atoms with Crippen molar-refractivity contribution in [1.82, 2.24) is 4.72 Å². The summed E-state index contributed by atoms with van der Waals surface area (Å²) in [6.07, 6.45) is -1.24. The van der Waals surface area contributed by atoms with E-state index >= 15 is 0 Å². The van der Waals surface area contributed by atoms with Gasteiger partial charge in [0.15, 0.2) is 17.4 Å². The zero-order valence-corrected chi connectivity index (χ0v) is 19.2. The molecule has 3 aromatic rings. The van der Waals surface area contributed by atoms with E-state index in [9.17, 15) is 30.5 Å². The second kappa shape index (κ2) is 9.87. The van der Waals surface area contributed by atoms with Crippen molar-refractivity contribution in [2.24, 2.45) is 0 Å². The fourth-order valence-electron chi connectivity index (χ4n) is 2.68. The molecule has 0 saturated heterocycles. The van der Waals surface area contributed by atoms with Gasteiger partial charge in [-0.25, -0.2) is 21.6 Å². The van der Waals surface area contributed by atoms with E-state index in [-0.39, 0.29) is 29.1 Å². The summed E-state index contributed by atoms with van der Waals surface area (Å²) >= 11 is 0.211. The standard InChI is InChI=1S/C18H14F4N3O6PS2/c19-12-5-10(2-1-9(12)7-23)24-3-4-31-17-15(21)14(20)11-6-13(33-18(11)16(17)22)34(29,30)25-8-32(26,27)28/h1-2,5-6,24-25H,3-4,8H2,(H2,26,27,28). The van der Waals surface area contributed by atoms with Crippen LogP contribution in [-0.2, 0) is 14.6 Å². The van der Waals surface area contributed by atoms with Gasteiger partial charge >= 0.3 is 7.60 Å². The first kappa shape index (κ1) is 25.9. The van der Waals surface area contributed by atoms with Gasteiger partial charge in [-0.05, 0) is 24.3 Å². The Bertz CT molecular complexity index is 1450. The molecule has 0 radical (unpaired) electrons.